The van der Waals surface area contributed by atoms with Crippen LogP contribution in [0, 0.1) is 13.8 Å². The third-order valence-electron chi connectivity index (χ3n) is 6.41. The largest absolute Gasteiger partial charge is 0.357 e. The van der Waals surface area contributed by atoms with Gasteiger partial charge in [0.15, 0.2) is 0 Å². The minimum Gasteiger partial charge on any atom is -0.357 e. The SMILES string of the molecule is CNC(=O)C(Cc1ccccc1)N(Cc1cccc(Cl)c1)C(=O)CCCN(c1cc(C)cc(C)c1)S(C)(=O)=O. The molecule has 1 unspecified atom stereocenters. The number of carbonyl (C=O) groups excluding carboxylic acids is 2. The van der Waals surface area contributed by atoms with E-state index in [2.05, 4.69) is 5.32 Å². The fraction of sp³-hybridized carbons (Fsp3) is 0.333. The van der Waals surface area contributed by atoms with Crippen molar-refractivity contribution in [2.24, 2.45) is 0 Å². The highest BCUT2D eigenvalue weighted by molar-refractivity contribution is 7.92. The van der Waals surface area contributed by atoms with Crippen molar-refractivity contribution in [2.75, 3.05) is 24.2 Å². The lowest BCUT2D eigenvalue weighted by Crippen LogP contribution is -2.49. The van der Waals surface area contributed by atoms with Crippen molar-refractivity contribution in [1.82, 2.24) is 10.2 Å². The Balaban J connectivity index is 1.86. The number of anilines is 1. The molecule has 3 aromatic carbocycles. The molecule has 0 bridgehead atoms. The average molecular weight is 570 g/mol. The van der Waals surface area contributed by atoms with Gasteiger partial charge >= 0.3 is 0 Å². The van der Waals surface area contributed by atoms with Crippen LogP contribution >= 0.6 is 11.6 Å². The van der Waals surface area contributed by atoms with Crippen LogP contribution in [0.1, 0.15) is 35.1 Å². The summed E-state index contributed by atoms with van der Waals surface area (Å²) in [5, 5.41) is 3.24. The summed E-state index contributed by atoms with van der Waals surface area (Å²) in [6.07, 6.45) is 1.86. The van der Waals surface area contributed by atoms with E-state index in [1.807, 2.05) is 68.4 Å². The molecule has 3 rings (SSSR count). The molecule has 39 heavy (non-hydrogen) atoms. The minimum absolute atomic E-state index is 0.0691. The number of amides is 2. The maximum atomic E-state index is 13.7. The van der Waals surface area contributed by atoms with Crippen LogP contribution in [-0.4, -0.2) is 51.0 Å². The van der Waals surface area contributed by atoms with Gasteiger partial charge in [-0.15, -0.1) is 0 Å². The van der Waals surface area contributed by atoms with Crippen LogP contribution in [0.2, 0.25) is 5.02 Å². The predicted molar refractivity (Wildman–Crippen MR) is 157 cm³/mol. The van der Waals surface area contributed by atoms with E-state index in [9.17, 15) is 18.0 Å². The summed E-state index contributed by atoms with van der Waals surface area (Å²) in [6.45, 7) is 4.17. The van der Waals surface area contributed by atoms with Gasteiger partial charge in [0.05, 0.1) is 11.9 Å². The van der Waals surface area contributed by atoms with E-state index in [1.54, 1.807) is 30.1 Å². The van der Waals surface area contributed by atoms with Crippen LogP contribution in [-0.2, 0) is 32.6 Å². The first kappa shape index (κ1) is 30.2. The van der Waals surface area contributed by atoms with Crippen molar-refractivity contribution >= 4 is 39.1 Å². The zero-order chi connectivity index (χ0) is 28.6. The van der Waals surface area contributed by atoms with Gasteiger partial charge in [0.1, 0.15) is 6.04 Å². The summed E-state index contributed by atoms with van der Waals surface area (Å²) in [5.74, 6) is -0.518. The Morgan fingerprint density at radius 2 is 1.56 bits per heavy atom. The summed E-state index contributed by atoms with van der Waals surface area (Å²) in [7, 11) is -2.02. The van der Waals surface area contributed by atoms with Crippen LogP contribution in [0.25, 0.3) is 0 Å². The maximum absolute atomic E-state index is 13.7. The molecule has 0 spiro atoms. The number of halogens is 1. The number of sulfonamides is 1. The summed E-state index contributed by atoms with van der Waals surface area (Å²) in [6, 6.07) is 21.6. The molecular weight excluding hydrogens is 534 g/mol. The Bertz CT molecular complexity index is 1380. The van der Waals surface area contributed by atoms with Gasteiger partial charge < -0.3 is 10.2 Å². The van der Waals surface area contributed by atoms with E-state index in [4.69, 9.17) is 11.6 Å². The van der Waals surface area contributed by atoms with Crippen LogP contribution in [0.5, 0.6) is 0 Å². The molecule has 0 aliphatic heterocycles. The summed E-state index contributed by atoms with van der Waals surface area (Å²) in [4.78, 5) is 28.3. The van der Waals surface area contributed by atoms with E-state index >= 15 is 0 Å². The molecule has 1 N–H and O–H groups in total. The topological polar surface area (TPSA) is 86.8 Å². The number of nitrogens with zero attached hydrogens (tertiary/aromatic N) is 2. The van der Waals surface area contributed by atoms with Crippen LogP contribution < -0.4 is 9.62 Å². The fourth-order valence-electron chi connectivity index (χ4n) is 4.65. The highest BCUT2D eigenvalue weighted by atomic mass is 35.5. The van der Waals surface area contributed by atoms with E-state index in [-0.39, 0.29) is 37.7 Å². The van der Waals surface area contributed by atoms with Gasteiger partial charge in [0, 0.05) is 38.0 Å². The average Bonchev–Trinajstić information content (AvgIpc) is 2.87. The zero-order valence-corrected chi connectivity index (χ0v) is 24.4. The molecule has 7 nitrogen and oxygen atoms in total. The number of hydrogen-bond donors (Lipinski definition) is 1. The lowest BCUT2D eigenvalue weighted by atomic mass is 10.0. The molecule has 0 aliphatic carbocycles. The standard InChI is InChI=1S/C30H36ClN3O4S/c1-22-16-23(2)18-27(17-22)34(39(4,37)38)15-9-14-29(35)33(21-25-12-8-13-26(31)19-25)28(30(36)32-3)20-24-10-6-5-7-11-24/h5-8,10-13,16-19,28H,9,14-15,20-21H2,1-4H3,(H,32,36). The van der Waals surface area contributed by atoms with Crippen LogP contribution in [0.4, 0.5) is 5.69 Å². The molecule has 0 aromatic heterocycles. The molecule has 1 atom stereocenters. The van der Waals surface area contributed by atoms with Gasteiger partial charge in [-0.1, -0.05) is 60.1 Å². The Kier molecular flexibility index (Phi) is 10.5. The second kappa shape index (κ2) is 13.6. The molecule has 0 heterocycles. The molecule has 9 heteroatoms. The molecule has 208 valence electrons. The second-order valence-corrected chi connectivity index (χ2v) is 12.1. The number of aryl methyl sites for hydroxylation is 2. The van der Waals surface area contributed by atoms with Gasteiger partial charge in [-0.05, 0) is 66.8 Å². The van der Waals surface area contributed by atoms with Crippen molar-refractivity contribution in [1.29, 1.82) is 0 Å². The first-order valence-electron chi connectivity index (χ1n) is 12.8. The highest BCUT2D eigenvalue weighted by Crippen LogP contribution is 2.23. The van der Waals surface area contributed by atoms with E-state index in [1.165, 1.54) is 10.6 Å². The van der Waals surface area contributed by atoms with Crippen molar-refractivity contribution in [3.63, 3.8) is 0 Å². The van der Waals surface area contributed by atoms with Crippen molar-refractivity contribution < 1.29 is 18.0 Å². The number of likely N-dealkylation sites (N-methyl/N-ethyl adjacent to an activating group) is 1. The molecule has 2 amide bonds. The van der Waals surface area contributed by atoms with Crippen LogP contribution in [0.3, 0.4) is 0 Å². The third-order valence-corrected chi connectivity index (χ3v) is 7.84. The Morgan fingerprint density at radius 1 is 0.923 bits per heavy atom. The predicted octanol–water partition coefficient (Wildman–Crippen LogP) is 4.89. The van der Waals surface area contributed by atoms with Gasteiger partial charge in [-0.2, -0.15) is 0 Å². The first-order valence-corrected chi connectivity index (χ1v) is 15.1. The first-order chi connectivity index (χ1) is 18.5. The van der Waals surface area contributed by atoms with Crippen molar-refractivity contribution in [2.45, 2.75) is 45.7 Å². The molecule has 0 saturated heterocycles. The quantitative estimate of drug-likeness (QED) is 0.336. The number of nitrogens with one attached hydrogen (secondary N) is 1. The van der Waals surface area contributed by atoms with E-state index in [0.717, 1.165) is 22.3 Å². The summed E-state index contributed by atoms with van der Waals surface area (Å²) < 4.78 is 26.6. The number of rotatable bonds is 12. The van der Waals surface area contributed by atoms with Crippen molar-refractivity contribution in [3.8, 4) is 0 Å². The summed E-state index contributed by atoms with van der Waals surface area (Å²) in [5.41, 5.74) is 4.21. The maximum Gasteiger partial charge on any atom is 0.242 e. The molecule has 0 radical (unpaired) electrons. The highest BCUT2D eigenvalue weighted by Gasteiger charge is 2.30. The van der Waals surface area contributed by atoms with Gasteiger partial charge in [-0.3, -0.25) is 13.9 Å². The van der Waals surface area contributed by atoms with Crippen molar-refractivity contribution in [3.05, 3.63) is 100 Å². The Morgan fingerprint density at radius 3 is 2.15 bits per heavy atom. The third kappa shape index (κ3) is 8.83. The van der Waals surface area contributed by atoms with Gasteiger partial charge in [0.25, 0.3) is 0 Å². The fourth-order valence-corrected chi connectivity index (χ4v) is 5.81. The normalized spacial score (nSPS) is 12.0. The monoisotopic (exact) mass is 569 g/mol. The lowest BCUT2D eigenvalue weighted by molar-refractivity contribution is -0.141. The lowest BCUT2D eigenvalue weighted by Gasteiger charge is -2.31. The minimum atomic E-state index is -3.57. The second-order valence-electron chi connectivity index (χ2n) is 9.76. The van der Waals surface area contributed by atoms with Gasteiger partial charge in [-0.25, -0.2) is 8.42 Å². The summed E-state index contributed by atoms with van der Waals surface area (Å²) >= 11 is 6.20. The number of hydrogen-bond acceptors (Lipinski definition) is 4. The molecule has 0 aliphatic rings. The number of benzene rings is 3. The molecular formula is C30H36ClN3O4S. The zero-order valence-electron chi connectivity index (χ0n) is 22.9. The Hall–Kier alpha value is -3.36. The Labute approximate surface area is 236 Å². The van der Waals surface area contributed by atoms with Gasteiger partial charge in [0.2, 0.25) is 21.8 Å². The molecule has 0 saturated carbocycles. The molecule has 0 fully saturated rings. The number of carbonyl (C=O) groups is 2. The van der Waals surface area contributed by atoms with Crippen LogP contribution in [0.15, 0.2) is 72.8 Å². The molecule has 3 aromatic rings. The van der Waals surface area contributed by atoms with E-state index in [0.29, 0.717) is 17.1 Å². The smallest absolute Gasteiger partial charge is 0.242 e. The van der Waals surface area contributed by atoms with E-state index < -0.39 is 16.1 Å².